The molecule has 3 aromatic rings. The minimum absolute atomic E-state index is 0.196. The van der Waals surface area contributed by atoms with Crippen molar-refractivity contribution in [1.82, 2.24) is 14.1 Å². The van der Waals surface area contributed by atoms with E-state index in [-0.39, 0.29) is 23.5 Å². The van der Waals surface area contributed by atoms with Crippen molar-refractivity contribution in [3.63, 3.8) is 0 Å². The normalized spacial score (nSPS) is 13.4. The first-order valence-electron chi connectivity index (χ1n) is 9.45. The van der Waals surface area contributed by atoms with Crippen molar-refractivity contribution < 1.29 is 9.53 Å². The summed E-state index contributed by atoms with van der Waals surface area (Å²) in [7, 11) is 3.00. The van der Waals surface area contributed by atoms with Gasteiger partial charge in [-0.05, 0) is 31.4 Å². The van der Waals surface area contributed by atoms with Crippen molar-refractivity contribution in [2.45, 2.75) is 26.3 Å². The van der Waals surface area contributed by atoms with Gasteiger partial charge in [-0.1, -0.05) is 18.2 Å². The Hall–Kier alpha value is -3.42. The number of amides is 1. The van der Waals surface area contributed by atoms with Gasteiger partial charge in [0, 0.05) is 31.0 Å². The van der Waals surface area contributed by atoms with Gasteiger partial charge >= 0.3 is 5.69 Å². The molecule has 1 aliphatic heterocycles. The molecule has 0 unspecified atom stereocenters. The van der Waals surface area contributed by atoms with Crippen LogP contribution in [0.4, 0.5) is 5.69 Å². The predicted octanol–water partition coefficient (Wildman–Crippen LogP) is 1.39. The van der Waals surface area contributed by atoms with Crippen molar-refractivity contribution in [3.8, 4) is 5.75 Å². The summed E-state index contributed by atoms with van der Waals surface area (Å²) in [4.78, 5) is 44.9. The van der Waals surface area contributed by atoms with Gasteiger partial charge in [-0.2, -0.15) is 0 Å². The number of carbonyl (C=O) groups excluding carboxylic acids is 1. The second-order valence-electron chi connectivity index (χ2n) is 7.18. The highest BCUT2D eigenvalue weighted by Gasteiger charge is 2.25. The van der Waals surface area contributed by atoms with Crippen LogP contribution >= 0.6 is 0 Å². The summed E-state index contributed by atoms with van der Waals surface area (Å²) in [6.45, 7) is 1.99. The van der Waals surface area contributed by atoms with Crippen LogP contribution in [0.5, 0.6) is 5.75 Å². The summed E-state index contributed by atoms with van der Waals surface area (Å²) in [6.07, 6.45) is 3.30. The van der Waals surface area contributed by atoms with E-state index in [1.807, 2.05) is 24.3 Å². The van der Waals surface area contributed by atoms with Crippen LogP contribution < -0.4 is 20.9 Å². The Balaban J connectivity index is 1.83. The quantitative estimate of drug-likeness (QED) is 0.670. The number of aromatic nitrogens is 3. The van der Waals surface area contributed by atoms with Crippen LogP contribution in [0, 0.1) is 6.92 Å². The Bertz CT molecular complexity index is 1240. The van der Waals surface area contributed by atoms with E-state index in [2.05, 4.69) is 4.98 Å². The SMILES string of the molecule is COc1c(C)cnc2c1c(=O)n(CC(=O)N1CCCc3ccccc31)c(=O)n2C. The topological polar surface area (TPSA) is 86.4 Å². The lowest BCUT2D eigenvalue weighted by Gasteiger charge is -2.29. The molecule has 29 heavy (non-hydrogen) atoms. The Morgan fingerprint density at radius 2 is 2.00 bits per heavy atom. The number of rotatable bonds is 3. The fraction of sp³-hybridized carbons (Fsp3) is 0.333. The molecule has 8 heteroatoms. The average Bonchev–Trinajstić information content (AvgIpc) is 2.74. The fourth-order valence-electron chi connectivity index (χ4n) is 3.94. The van der Waals surface area contributed by atoms with Crippen LogP contribution in [0.1, 0.15) is 17.5 Å². The number of para-hydroxylation sites is 1. The van der Waals surface area contributed by atoms with Crippen LogP contribution in [0.3, 0.4) is 0 Å². The van der Waals surface area contributed by atoms with Crippen LogP contribution in [0.2, 0.25) is 0 Å². The van der Waals surface area contributed by atoms with E-state index in [0.29, 0.717) is 17.9 Å². The summed E-state index contributed by atoms with van der Waals surface area (Å²) >= 11 is 0. The Morgan fingerprint density at radius 1 is 1.24 bits per heavy atom. The number of methoxy groups -OCH3 is 1. The summed E-state index contributed by atoms with van der Waals surface area (Å²) in [5.41, 5.74) is 1.68. The Kier molecular flexibility index (Phi) is 4.70. The lowest BCUT2D eigenvalue weighted by Crippen LogP contribution is -2.45. The molecule has 1 aromatic carbocycles. The number of hydrogen-bond acceptors (Lipinski definition) is 5. The van der Waals surface area contributed by atoms with Crippen molar-refractivity contribution >= 4 is 22.6 Å². The molecule has 0 saturated heterocycles. The zero-order chi connectivity index (χ0) is 20.7. The second-order valence-corrected chi connectivity index (χ2v) is 7.18. The van der Waals surface area contributed by atoms with Crippen LogP contribution in [0.25, 0.3) is 11.0 Å². The molecule has 2 aromatic heterocycles. The minimum Gasteiger partial charge on any atom is -0.495 e. The molecule has 0 aliphatic carbocycles. The fourth-order valence-corrected chi connectivity index (χ4v) is 3.94. The minimum atomic E-state index is -0.584. The third kappa shape index (κ3) is 3.00. The number of ether oxygens (including phenoxy) is 1. The molecule has 0 atom stereocenters. The molecule has 150 valence electrons. The van der Waals surface area contributed by atoms with Gasteiger partial charge in [0.05, 0.1) is 7.11 Å². The van der Waals surface area contributed by atoms with E-state index in [1.54, 1.807) is 18.0 Å². The van der Waals surface area contributed by atoms with E-state index in [9.17, 15) is 14.4 Å². The number of anilines is 1. The van der Waals surface area contributed by atoms with Gasteiger partial charge in [0.1, 0.15) is 17.7 Å². The van der Waals surface area contributed by atoms with Crippen LogP contribution in [0.15, 0.2) is 40.1 Å². The highest BCUT2D eigenvalue weighted by atomic mass is 16.5. The van der Waals surface area contributed by atoms with Gasteiger partial charge in [0.2, 0.25) is 5.91 Å². The maximum atomic E-state index is 13.2. The molecule has 3 heterocycles. The first-order chi connectivity index (χ1) is 13.9. The van der Waals surface area contributed by atoms with E-state index >= 15 is 0 Å². The molecule has 1 aliphatic rings. The molecule has 8 nitrogen and oxygen atoms in total. The zero-order valence-electron chi connectivity index (χ0n) is 16.6. The number of carbonyl (C=O) groups is 1. The van der Waals surface area contributed by atoms with Gasteiger partial charge in [0.25, 0.3) is 5.56 Å². The maximum Gasteiger partial charge on any atom is 0.332 e. The Morgan fingerprint density at radius 3 is 2.76 bits per heavy atom. The molecular weight excluding hydrogens is 372 g/mol. The van der Waals surface area contributed by atoms with Gasteiger partial charge in [-0.25, -0.2) is 14.3 Å². The smallest absolute Gasteiger partial charge is 0.332 e. The van der Waals surface area contributed by atoms with Crippen molar-refractivity contribution in [2.24, 2.45) is 7.05 Å². The van der Waals surface area contributed by atoms with Gasteiger partial charge in [-0.15, -0.1) is 0 Å². The van der Waals surface area contributed by atoms with Crippen LogP contribution in [-0.4, -0.2) is 33.7 Å². The summed E-state index contributed by atoms with van der Waals surface area (Å²) in [6, 6.07) is 7.71. The van der Waals surface area contributed by atoms with E-state index in [0.717, 1.165) is 28.7 Å². The summed E-state index contributed by atoms with van der Waals surface area (Å²) in [5.74, 6) is 0.0652. The number of benzene rings is 1. The van der Waals surface area contributed by atoms with Crippen LogP contribution in [-0.2, 0) is 24.8 Å². The third-order valence-electron chi connectivity index (χ3n) is 5.39. The predicted molar refractivity (Wildman–Crippen MR) is 110 cm³/mol. The number of pyridine rings is 1. The van der Waals surface area contributed by atoms with Crippen molar-refractivity contribution in [1.29, 1.82) is 0 Å². The number of aryl methyl sites for hydroxylation is 3. The third-order valence-corrected chi connectivity index (χ3v) is 5.39. The number of fused-ring (bicyclic) bond motifs is 2. The van der Waals surface area contributed by atoms with E-state index < -0.39 is 11.2 Å². The molecule has 0 spiro atoms. The van der Waals surface area contributed by atoms with Crippen molar-refractivity contribution in [2.75, 3.05) is 18.6 Å². The van der Waals surface area contributed by atoms with E-state index in [1.165, 1.54) is 18.7 Å². The monoisotopic (exact) mass is 394 g/mol. The second kappa shape index (κ2) is 7.20. The van der Waals surface area contributed by atoms with Gasteiger partial charge in [0.15, 0.2) is 5.65 Å². The molecule has 0 radical (unpaired) electrons. The largest absolute Gasteiger partial charge is 0.495 e. The highest BCUT2D eigenvalue weighted by molar-refractivity contribution is 5.94. The molecule has 0 N–H and O–H groups in total. The lowest BCUT2D eigenvalue weighted by molar-refractivity contribution is -0.119. The summed E-state index contributed by atoms with van der Waals surface area (Å²) < 4.78 is 7.63. The molecule has 4 rings (SSSR count). The number of nitrogens with zero attached hydrogens (tertiary/aromatic N) is 4. The first kappa shape index (κ1) is 18.9. The Labute approximate surface area is 167 Å². The zero-order valence-corrected chi connectivity index (χ0v) is 16.6. The van der Waals surface area contributed by atoms with Gasteiger partial charge in [-0.3, -0.25) is 14.2 Å². The number of hydrogen-bond donors (Lipinski definition) is 0. The highest BCUT2D eigenvalue weighted by Crippen LogP contribution is 2.27. The molecule has 0 bridgehead atoms. The molecule has 0 fully saturated rings. The summed E-state index contributed by atoms with van der Waals surface area (Å²) in [5, 5.41) is 0.196. The first-order valence-corrected chi connectivity index (χ1v) is 9.45. The maximum absolute atomic E-state index is 13.2. The lowest BCUT2D eigenvalue weighted by atomic mass is 10.0. The van der Waals surface area contributed by atoms with Crippen molar-refractivity contribution in [3.05, 3.63) is 62.4 Å². The standard InChI is InChI=1S/C21H22N4O4/c1-13-11-22-19-17(18(13)29-3)20(27)25(21(28)23(19)2)12-16(26)24-10-6-8-14-7-4-5-9-15(14)24/h4-5,7,9,11H,6,8,10,12H2,1-3H3. The van der Waals surface area contributed by atoms with Gasteiger partial charge < -0.3 is 9.64 Å². The molecular formula is C21H22N4O4. The molecule has 1 amide bonds. The van der Waals surface area contributed by atoms with E-state index in [4.69, 9.17) is 4.74 Å². The molecule has 0 saturated carbocycles. The average molecular weight is 394 g/mol.